The Labute approximate surface area is 223 Å². The summed E-state index contributed by atoms with van der Waals surface area (Å²) in [6.07, 6.45) is 0. The third-order valence-electron chi connectivity index (χ3n) is 6.41. The Kier molecular flexibility index (Phi) is 7.03. The van der Waals surface area contributed by atoms with Crippen LogP contribution in [-0.2, 0) is 16.4 Å². The first-order chi connectivity index (χ1) is 18.4. The van der Waals surface area contributed by atoms with Crippen LogP contribution in [-0.4, -0.2) is 32.2 Å². The summed E-state index contributed by atoms with van der Waals surface area (Å²) >= 11 is 0. The zero-order chi connectivity index (χ0) is 26.7. The number of sulfone groups is 1. The Morgan fingerprint density at radius 1 is 0.711 bits per heavy atom. The first-order valence-electron chi connectivity index (χ1n) is 12.2. The lowest BCUT2D eigenvalue weighted by molar-refractivity contribution is 0.414. The van der Waals surface area contributed by atoms with Gasteiger partial charge in [-0.15, -0.1) is 0 Å². The lowest BCUT2D eigenvalue weighted by atomic mass is 10.0. The number of aryl methyl sites for hydroxylation is 1. The van der Waals surface area contributed by atoms with Crippen LogP contribution >= 0.6 is 0 Å². The molecule has 0 amide bonds. The number of nitrogens with zero attached hydrogens (tertiary/aromatic N) is 2. The van der Waals surface area contributed by atoms with E-state index >= 15 is 0 Å². The van der Waals surface area contributed by atoms with Crippen LogP contribution in [0.15, 0.2) is 113 Å². The van der Waals surface area contributed by atoms with E-state index < -0.39 is 9.84 Å². The van der Waals surface area contributed by atoms with E-state index in [1.165, 1.54) is 0 Å². The van der Waals surface area contributed by atoms with Gasteiger partial charge in [-0.05, 0) is 73.2 Å². The predicted molar refractivity (Wildman–Crippen MR) is 148 cm³/mol. The van der Waals surface area contributed by atoms with Crippen molar-refractivity contribution in [2.75, 3.05) is 14.2 Å². The maximum absolute atomic E-state index is 14.1. The van der Waals surface area contributed by atoms with Crippen molar-refractivity contribution in [2.45, 2.75) is 23.5 Å². The molecule has 0 N–H and O–H groups in total. The molecule has 0 aliphatic carbocycles. The van der Waals surface area contributed by atoms with Crippen LogP contribution in [0, 0.1) is 6.92 Å². The Balaban J connectivity index is 1.80. The molecule has 192 valence electrons. The average Bonchev–Trinajstić information content (AvgIpc) is 3.33. The van der Waals surface area contributed by atoms with Gasteiger partial charge in [0.05, 0.1) is 37.0 Å². The first kappa shape index (κ1) is 25.3. The van der Waals surface area contributed by atoms with E-state index in [1.807, 2.05) is 85.8 Å². The van der Waals surface area contributed by atoms with Gasteiger partial charge in [-0.25, -0.2) is 13.4 Å². The molecular weight excluding hydrogens is 496 g/mol. The van der Waals surface area contributed by atoms with Gasteiger partial charge in [0.25, 0.3) is 0 Å². The van der Waals surface area contributed by atoms with E-state index in [1.54, 1.807) is 43.1 Å². The van der Waals surface area contributed by atoms with Gasteiger partial charge in [-0.1, -0.05) is 48.0 Å². The lowest BCUT2D eigenvalue weighted by Gasteiger charge is -2.14. The minimum absolute atomic E-state index is 0.0122. The number of hydrogen-bond acceptors (Lipinski definition) is 5. The largest absolute Gasteiger partial charge is 0.497 e. The fraction of sp³-hybridized carbons (Fsp3) is 0.129. The highest BCUT2D eigenvalue weighted by atomic mass is 32.2. The number of rotatable bonds is 8. The zero-order valence-corrected chi connectivity index (χ0v) is 22.3. The summed E-state index contributed by atoms with van der Waals surface area (Å²) in [5.41, 5.74) is 4.82. The van der Waals surface area contributed by atoms with Crippen molar-refractivity contribution in [1.29, 1.82) is 0 Å². The van der Waals surface area contributed by atoms with Gasteiger partial charge < -0.3 is 14.0 Å². The summed E-state index contributed by atoms with van der Waals surface area (Å²) in [7, 11) is -0.723. The van der Waals surface area contributed by atoms with E-state index in [-0.39, 0.29) is 10.1 Å². The molecule has 0 bridgehead atoms. The molecule has 1 heterocycles. The van der Waals surface area contributed by atoms with Crippen LogP contribution in [0.1, 0.15) is 11.1 Å². The number of aromatic nitrogens is 2. The van der Waals surface area contributed by atoms with Gasteiger partial charge in [0.15, 0.2) is 0 Å². The second kappa shape index (κ2) is 10.6. The van der Waals surface area contributed by atoms with Crippen molar-refractivity contribution in [3.8, 4) is 34.0 Å². The van der Waals surface area contributed by atoms with Gasteiger partial charge in [0.1, 0.15) is 11.5 Å². The maximum atomic E-state index is 14.1. The topological polar surface area (TPSA) is 70.4 Å². The number of benzene rings is 4. The van der Waals surface area contributed by atoms with Crippen LogP contribution in [0.5, 0.6) is 11.5 Å². The summed E-state index contributed by atoms with van der Waals surface area (Å²) in [5, 5.41) is -0.0122. The van der Waals surface area contributed by atoms with Crippen molar-refractivity contribution in [2.24, 2.45) is 0 Å². The van der Waals surface area contributed by atoms with E-state index in [9.17, 15) is 8.42 Å². The molecule has 0 aliphatic rings. The first-order valence-corrected chi connectivity index (χ1v) is 13.6. The highest BCUT2D eigenvalue weighted by Crippen LogP contribution is 2.37. The molecule has 0 unspecified atom stereocenters. The second-order valence-corrected chi connectivity index (χ2v) is 10.8. The molecule has 5 rings (SSSR count). The SMILES string of the molecule is COc1ccc(-c2nc(S(=O)(=O)c3ccc(C)cc3)n(Cc3ccccc3)c2-c2ccc(OC)cc2)cc1. The van der Waals surface area contributed by atoms with E-state index in [2.05, 4.69) is 0 Å². The molecule has 0 saturated heterocycles. The summed E-state index contributed by atoms with van der Waals surface area (Å²) in [4.78, 5) is 5.02. The predicted octanol–water partition coefficient (Wildman–Crippen LogP) is 6.42. The van der Waals surface area contributed by atoms with Gasteiger partial charge in [0, 0.05) is 11.1 Å². The van der Waals surface area contributed by atoms with Crippen LogP contribution in [0.2, 0.25) is 0 Å². The molecule has 7 heteroatoms. The summed E-state index contributed by atoms with van der Waals surface area (Å²) in [6, 6.07) is 31.7. The number of methoxy groups -OCH3 is 2. The molecule has 6 nitrogen and oxygen atoms in total. The molecular formula is C31H28N2O4S. The Morgan fingerprint density at radius 2 is 1.26 bits per heavy atom. The zero-order valence-electron chi connectivity index (χ0n) is 21.5. The Hall–Kier alpha value is -4.36. The Morgan fingerprint density at radius 3 is 1.82 bits per heavy atom. The average molecular weight is 525 g/mol. The van der Waals surface area contributed by atoms with Crippen molar-refractivity contribution in [3.63, 3.8) is 0 Å². The highest BCUT2D eigenvalue weighted by molar-refractivity contribution is 7.91. The molecule has 0 atom stereocenters. The third-order valence-corrected chi connectivity index (χ3v) is 8.10. The number of ether oxygens (including phenoxy) is 2. The standard InChI is InChI=1S/C31H28N2O4S/c1-22-9-19-28(20-10-22)38(34,35)31-32-29(24-11-15-26(36-2)16-12-24)30(25-13-17-27(37-3)18-14-25)33(31)21-23-7-5-4-6-8-23/h4-20H,21H2,1-3H3. The fourth-order valence-electron chi connectivity index (χ4n) is 4.36. The minimum Gasteiger partial charge on any atom is -0.497 e. The van der Waals surface area contributed by atoms with Crippen molar-refractivity contribution < 1.29 is 17.9 Å². The monoisotopic (exact) mass is 524 g/mol. The molecule has 0 spiro atoms. The Bertz CT molecular complexity index is 1640. The number of hydrogen-bond donors (Lipinski definition) is 0. The van der Waals surface area contributed by atoms with E-state index in [0.29, 0.717) is 29.4 Å². The maximum Gasteiger partial charge on any atom is 0.240 e. The van der Waals surface area contributed by atoms with Crippen LogP contribution < -0.4 is 9.47 Å². The summed E-state index contributed by atoms with van der Waals surface area (Å²) in [6.45, 7) is 2.25. The van der Waals surface area contributed by atoms with Crippen LogP contribution in [0.3, 0.4) is 0 Å². The molecule has 0 saturated carbocycles. The molecule has 0 fully saturated rings. The normalized spacial score (nSPS) is 11.3. The van der Waals surface area contributed by atoms with E-state index in [4.69, 9.17) is 14.5 Å². The smallest absolute Gasteiger partial charge is 0.240 e. The molecule has 5 aromatic rings. The minimum atomic E-state index is -3.95. The van der Waals surface area contributed by atoms with Crippen molar-refractivity contribution in [1.82, 2.24) is 9.55 Å². The summed E-state index contributed by atoms with van der Waals surface area (Å²) < 4.78 is 40.6. The van der Waals surface area contributed by atoms with Crippen molar-refractivity contribution in [3.05, 3.63) is 114 Å². The van der Waals surface area contributed by atoms with E-state index in [0.717, 1.165) is 22.3 Å². The molecule has 38 heavy (non-hydrogen) atoms. The quantitative estimate of drug-likeness (QED) is 0.234. The second-order valence-electron chi connectivity index (χ2n) is 8.94. The molecule has 1 aromatic heterocycles. The molecule has 0 aliphatic heterocycles. The molecule has 0 radical (unpaired) electrons. The van der Waals surface area contributed by atoms with Gasteiger partial charge in [-0.3, -0.25) is 0 Å². The molecule has 4 aromatic carbocycles. The van der Waals surface area contributed by atoms with Gasteiger partial charge >= 0.3 is 0 Å². The lowest BCUT2D eigenvalue weighted by Crippen LogP contribution is -2.13. The highest BCUT2D eigenvalue weighted by Gasteiger charge is 2.30. The van der Waals surface area contributed by atoms with Gasteiger partial charge in [-0.2, -0.15) is 0 Å². The summed E-state index contributed by atoms with van der Waals surface area (Å²) in [5.74, 6) is 1.41. The van der Waals surface area contributed by atoms with Crippen molar-refractivity contribution >= 4 is 9.84 Å². The third kappa shape index (κ3) is 4.93. The van der Waals surface area contributed by atoms with Gasteiger partial charge in [0.2, 0.25) is 15.0 Å². The van der Waals surface area contributed by atoms with Crippen LogP contribution in [0.25, 0.3) is 22.5 Å². The fourth-order valence-corrected chi connectivity index (χ4v) is 5.73. The van der Waals surface area contributed by atoms with Crippen LogP contribution in [0.4, 0.5) is 0 Å². The number of imidazole rings is 1.